The van der Waals surface area contributed by atoms with Gasteiger partial charge in [0, 0.05) is 0 Å². The Morgan fingerprint density at radius 3 is 2.54 bits per heavy atom. The van der Waals surface area contributed by atoms with Gasteiger partial charge in [0.25, 0.3) is 0 Å². The third-order valence-electron chi connectivity index (χ3n) is 1.71. The monoisotopic (exact) mass is 175 g/mol. The number of aromatic nitrogens is 4. The number of pyridine rings is 1. The molecular weight excluding hydrogens is 166 g/mol. The number of aryl methyl sites for hydroxylation is 1. The molecule has 2 heterocycles. The topological polar surface area (TPSA) is 69.6 Å². The summed E-state index contributed by atoms with van der Waals surface area (Å²) in [5, 5.41) is 8.00. The predicted molar refractivity (Wildman–Crippen MR) is 48.3 cm³/mol. The first kappa shape index (κ1) is 7.72. The molecule has 66 valence electrons. The van der Waals surface area contributed by atoms with Crippen LogP contribution in [0.4, 0.5) is 5.82 Å². The molecule has 13 heavy (non-hydrogen) atoms. The molecule has 0 unspecified atom stereocenters. The molecule has 0 bridgehead atoms. The molecule has 0 atom stereocenters. The third kappa shape index (κ3) is 1.35. The number of nitrogens with two attached hydrogens (primary N) is 1. The highest BCUT2D eigenvalue weighted by atomic mass is 15.5. The average Bonchev–Trinajstić information content (AvgIpc) is 2.56. The third-order valence-corrected chi connectivity index (χ3v) is 1.71. The van der Waals surface area contributed by atoms with Gasteiger partial charge in [-0.1, -0.05) is 0 Å². The van der Waals surface area contributed by atoms with E-state index in [0.29, 0.717) is 5.82 Å². The van der Waals surface area contributed by atoms with Crippen LogP contribution < -0.4 is 5.73 Å². The summed E-state index contributed by atoms with van der Waals surface area (Å²) in [7, 11) is 0. The number of hydrogen-bond donors (Lipinski definition) is 1. The van der Waals surface area contributed by atoms with Crippen LogP contribution >= 0.6 is 0 Å². The lowest BCUT2D eigenvalue weighted by molar-refractivity contribution is 0.742. The van der Waals surface area contributed by atoms with E-state index in [1.165, 1.54) is 4.80 Å². The minimum atomic E-state index is 0.508. The van der Waals surface area contributed by atoms with Gasteiger partial charge in [-0.2, -0.15) is 10.2 Å². The van der Waals surface area contributed by atoms with Crippen molar-refractivity contribution < 1.29 is 0 Å². The first-order valence-electron chi connectivity index (χ1n) is 3.87. The number of anilines is 1. The summed E-state index contributed by atoms with van der Waals surface area (Å²) in [6, 6.07) is 3.57. The predicted octanol–water partition coefficient (Wildman–Crippen LogP) is 0.553. The van der Waals surface area contributed by atoms with Crippen molar-refractivity contribution in [1.82, 2.24) is 20.0 Å². The molecule has 5 nitrogen and oxygen atoms in total. The summed E-state index contributed by atoms with van der Waals surface area (Å²) < 4.78 is 0. The van der Waals surface area contributed by atoms with Crippen LogP contribution in [0.25, 0.3) is 5.69 Å². The van der Waals surface area contributed by atoms with Gasteiger partial charge in [-0.3, -0.25) is 0 Å². The van der Waals surface area contributed by atoms with Crippen molar-refractivity contribution >= 4 is 5.82 Å². The second-order valence-electron chi connectivity index (χ2n) is 2.66. The van der Waals surface area contributed by atoms with E-state index >= 15 is 0 Å². The lowest BCUT2D eigenvalue weighted by Crippen LogP contribution is -2.03. The molecule has 0 fully saturated rings. The van der Waals surface area contributed by atoms with Crippen molar-refractivity contribution in [1.29, 1.82) is 0 Å². The van der Waals surface area contributed by atoms with Gasteiger partial charge in [-0.25, -0.2) is 4.98 Å². The Morgan fingerprint density at radius 1 is 1.23 bits per heavy atom. The van der Waals surface area contributed by atoms with Gasteiger partial charge in [0.2, 0.25) is 0 Å². The van der Waals surface area contributed by atoms with E-state index in [1.807, 2.05) is 13.0 Å². The van der Waals surface area contributed by atoms with Crippen LogP contribution in [0.3, 0.4) is 0 Å². The molecule has 0 aromatic carbocycles. The molecule has 0 spiro atoms. The Kier molecular flexibility index (Phi) is 1.70. The highest BCUT2D eigenvalue weighted by molar-refractivity contribution is 5.41. The van der Waals surface area contributed by atoms with E-state index in [4.69, 9.17) is 5.73 Å². The van der Waals surface area contributed by atoms with Crippen LogP contribution in [0.1, 0.15) is 5.69 Å². The standard InChI is InChI=1S/C8H9N5/c1-6-7(2-3-8(9)12-6)13-10-4-5-11-13/h2-5H,1H3,(H2,9,12). The highest BCUT2D eigenvalue weighted by Gasteiger charge is 2.02. The van der Waals surface area contributed by atoms with E-state index < -0.39 is 0 Å². The van der Waals surface area contributed by atoms with Gasteiger partial charge >= 0.3 is 0 Å². The van der Waals surface area contributed by atoms with Gasteiger partial charge < -0.3 is 5.73 Å². The van der Waals surface area contributed by atoms with Crippen molar-refractivity contribution in [3.8, 4) is 5.69 Å². The summed E-state index contributed by atoms with van der Waals surface area (Å²) >= 11 is 0. The first-order chi connectivity index (χ1) is 6.27. The molecule has 0 saturated heterocycles. The fourth-order valence-corrected chi connectivity index (χ4v) is 1.12. The van der Waals surface area contributed by atoms with Crippen molar-refractivity contribution in [2.24, 2.45) is 0 Å². The van der Waals surface area contributed by atoms with Crippen molar-refractivity contribution in [3.63, 3.8) is 0 Å². The van der Waals surface area contributed by atoms with Gasteiger partial charge in [0.15, 0.2) is 0 Å². The van der Waals surface area contributed by atoms with Crippen LogP contribution in [0.15, 0.2) is 24.5 Å². The van der Waals surface area contributed by atoms with Crippen LogP contribution in [-0.4, -0.2) is 20.0 Å². The Morgan fingerprint density at radius 2 is 1.92 bits per heavy atom. The minimum Gasteiger partial charge on any atom is -0.384 e. The molecule has 5 heteroatoms. The summed E-state index contributed by atoms with van der Waals surface area (Å²) in [4.78, 5) is 5.62. The Labute approximate surface area is 75.2 Å². The van der Waals surface area contributed by atoms with Crippen LogP contribution in [-0.2, 0) is 0 Å². The summed E-state index contributed by atoms with van der Waals surface area (Å²) in [6.07, 6.45) is 3.24. The van der Waals surface area contributed by atoms with E-state index in [1.54, 1.807) is 18.5 Å². The van der Waals surface area contributed by atoms with Crippen LogP contribution in [0.5, 0.6) is 0 Å². The SMILES string of the molecule is Cc1nc(N)ccc1-n1nccn1. The van der Waals surface area contributed by atoms with Crippen molar-refractivity contribution in [2.75, 3.05) is 5.73 Å². The second-order valence-corrected chi connectivity index (χ2v) is 2.66. The summed E-state index contributed by atoms with van der Waals surface area (Å²) in [5.41, 5.74) is 7.18. The maximum atomic E-state index is 5.52. The van der Waals surface area contributed by atoms with E-state index in [-0.39, 0.29) is 0 Å². The van der Waals surface area contributed by atoms with Gasteiger partial charge in [0.05, 0.1) is 18.1 Å². The van der Waals surface area contributed by atoms with Crippen LogP contribution in [0, 0.1) is 6.92 Å². The lowest BCUT2D eigenvalue weighted by Gasteiger charge is -2.03. The molecule has 2 N–H and O–H groups in total. The Bertz CT molecular complexity index is 406. The molecule has 2 aromatic heterocycles. The largest absolute Gasteiger partial charge is 0.384 e. The fraction of sp³-hybridized carbons (Fsp3) is 0.125. The van der Waals surface area contributed by atoms with E-state index in [0.717, 1.165) is 11.4 Å². The number of rotatable bonds is 1. The average molecular weight is 175 g/mol. The molecule has 0 saturated carbocycles. The maximum absolute atomic E-state index is 5.52. The normalized spacial score (nSPS) is 10.2. The molecule has 0 aliphatic heterocycles. The lowest BCUT2D eigenvalue weighted by atomic mass is 10.3. The number of nitrogen functional groups attached to an aromatic ring is 1. The number of nitrogens with zero attached hydrogens (tertiary/aromatic N) is 4. The Hall–Kier alpha value is -1.91. The Balaban J connectivity index is 2.53. The fourth-order valence-electron chi connectivity index (χ4n) is 1.12. The zero-order valence-corrected chi connectivity index (χ0v) is 7.18. The first-order valence-corrected chi connectivity index (χ1v) is 3.87. The zero-order chi connectivity index (χ0) is 9.26. The molecule has 0 aliphatic rings. The maximum Gasteiger partial charge on any atom is 0.123 e. The molecule has 0 amide bonds. The van der Waals surface area contributed by atoms with Crippen molar-refractivity contribution in [3.05, 3.63) is 30.2 Å². The molecule has 2 rings (SSSR count). The van der Waals surface area contributed by atoms with Gasteiger partial charge in [-0.15, -0.1) is 4.80 Å². The smallest absolute Gasteiger partial charge is 0.123 e. The minimum absolute atomic E-state index is 0.508. The highest BCUT2D eigenvalue weighted by Crippen LogP contribution is 2.10. The molecule has 2 aromatic rings. The zero-order valence-electron chi connectivity index (χ0n) is 7.18. The molecule has 0 aliphatic carbocycles. The summed E-state index contributed by atoms with van der Waals surface area (Å²) in [6.45, 7) is 1.87. The second kappa shape index (κ2) is 2.85. The van der Waals surface area contributed by atoms with E-state index in [2.05, 4.69) is 15.2 Å². The van der Waals surface area contributed by atoms with Gasteiger partial charge in [-0.05, 0) is 19.1 Å². The molecule has 0 radical (unpaired) electrons. The van der Waals surface area contributed by atoms with E-state index in [9.17, 15) is 0 Å². The number of hydrogen-bond acceptors (Lipinski definition) is 4. The van der Waals surface area contributed by atoms with Crippen LogP contribution in [0.2, 0.25) is 0 Å². The van der Waals surface area contributed by atoms with Gasteiger partial charge in [0.1, 0.15) is 11.5 Å². The summed E-state index contributed by atoms with van der Waals surface area (Å²) in [5.74, 6) is 0.508. The quantitative estimate of drug-likeness (QED) is 0.687. The van der Waals surface area contributed by atoms with Crippen molar-refractivity contribution in [2.45, 2.75) is 6.92 Å². The molecular formula is C8H9N5.